The number of piperidine rings is 1. The van der Waals surface area contributed by atoms with Crippen LogP contribution in [0.3, 0.4) is 0 Å². The Hall–Kier alpha value is -1.06. The molecule has 1 aliphatic rings. The predicted octanol–water partition coefficient (Wildman–Crippen LogP) is 3.31. The first-order valence-corrected chi connectivity index (χ1v) is 8.38. The van der Waals surface area contributed by atoms with Gasteiger partial charge in [-0.05, 0) is 45.8 Å². The molecule has 3 nitrogen and oxygen atoms in total. The maximum Gasteiger partial charge on any atom is 0.122 e. The van der Waals surface area contributed by atoms with E-state index < -0.39 is 0 Å². The highest BCUT2D eigenvalue weighted by atomic mass is 16.5. The van der Waals surface area contributed by atoms with Crippen molar-refractivity contribution in [2.24, 2.45) is 5.73 Å². The van der Waals surface area contributed by atoms with Gasteiger partial charge in [-0.2, -0.15) is 0 Å². The first-order valence-electron chi connectivity index (χ1n) is 8.38. The van der Waals surface area contributed by atoms with Crippen molar-refractivity contribution in [3.63, 3.8) is 0 Å². The quantitative estimate of drug-likeness (QED) is 0.873. The normalized spacial score (nSPS) is 21.2. The predicted molar refractivity (Wildman–Crippen MR) is 89.0 cm³/mol. The molecule has 3 heteroatoms. The second-order valence-electron chi connectivity index (χ2n) is 6.01. The zero-order chi connectivity index (χ0) is 15.2. The van der Waals surface area contributed by atoms with Crippen LogP contribution in [0, 0.1) is 6.92 Å². The largest absolute Gasteiger partial charge is 0.494 e. The van der Waals surface area contributed by atoms with E-state index in [1.807, 2.05) is 6.92 Å². The molecule has 2 atom stereocenters. The summed E-state index contributed by atoms with van der Waals surface area (Å²) in [7, 11) is 0. The fourth-order valence-corrected chi connectivity index (χ4v) is 3.60. The monoisotopic (exact) mass is 290 g/mol. The van der Waals surface area contributed by atoms with Gasteiger partial charge in [-0.15, -0.1) is 0 Å². The van der Waals surface area contributed by atoms with Crippen molar-refractivity contribution in [3.05, 3.63) is 29.3 Å². The molecule has 0 aromatic heterocycles. The van der Waals surface area contributed by atoms with Crippen molar-refractivity contribution in [1.82, 2.24) is 4.90 Å². The maximum absolute atomic E-state index is 6.19. The number of likely N-dealkylation sites (tertiary alicyclic amines) is 1. The van der Waals surface area contributed by atoms with Gasteiger partial charge in [-0.1, -0.05) is 31.0 Å². The average Bonchev–Trinajstić information content (AvgIpc) is 2.51. The standard InChI is InChI=1S/C18H30N2O/c1-4-20-11-7-6-8-17(20)16(13-19)15-12-14(3)9-10-18(15)21-5-2/h9-10,12,16-17H,4-8,11,13,19H2,1-3H3. The third kappa shape index (κ3) is 3.78. The highest BCUT2D eigenvalue weighted by Gasteiger charge is 2.30. The molecule has 1 aromatic rings. The molecule has 0 radical (unpaired) electrons. The number of benzene rings is 1. The molecule has 1 saturated heterocycles. The number of nitrogens with zero attached hydrogens (tertiary/aromatic N) is 1. The Bertz CT molecular complexity index is 447. The van der Waals surface area contributed by atoms with E-state index >= 15 is 0 Å². The molecule has 1 aromatic carbocycles. The number of likely N-dealkylation sites (N-methyl/N-ethyl adjacent to an activating group) is 1. The van der Waals surface area contributed by atoms with Crippen LogP contribution >= 0.6 is 0 Å². The van der Waals surface area contributed by atoms with Crippen molar-refractivity contribution in [3.8, 4) is 5.75 Å². The van der Waals surface area contributed by atoms with Crippen molar-refractivity contribution in [2.75, 3.05) is 26.2 Å². The van der Waals surface area contributed by atoms with Crippen LogP contribution in [0.1, 0.15) is 50.2 Å². The Labute approximate surface area is 129 Å². The van der Waals surface area contributed by atoms with Crippen LogP contribution in [0.15, 0.2) is 18.2 Å². The number of aryl methyl sites for hydroxylation is 1. The van der Waals surface area contributed by atoms with Gasteiger partial charge >= 0.3 is 0 Å². The summed E-state index contributed by atoms with van der Waals surface area (Å²) in [6.45, 7) is 10.1. The molecule has 1 fully saturated rings. The van der Waals surface area contributed by atoms with Crippen LogP contribution in [0.4, 0.5) is 0 Å². The SMILES string of the molecule is CCOc1ccc(C)cc1C(CN)C1CCCCN1CC. The van der Waals surface area contributed by atoms with Crippen LogP contribution in [-0.2, 0) is 0 Å². The summed E-state index contributed by atoms with van der Waals surface area (Å²) >= 11 is 0. The van der Waals surface area contributed by atoms with Gasteiger partial charge in [0.15, 0.2) is 0 Å². The minimum atomic E-state index is 0.367. The maximum atomic E-state index is 6.19. The van der Waals surface area contributed by atoms with Crippen molar-refractivity contribution >= 4 is 0 Å². The molecule has 0 spiro atoms. The third-order valence-electron chi connectivity index (χ3n) is 4.65. The van der Waals surface area contributed by atoms with Crippen molar-refractivity contribution in [2.45, 2.75) is 52.0 Å². The Balaban J connectivity index is 2.33. The first-order chi connectivity index (χ1) is 10.2. The van der Waals surface area contributed by atoms with E-state index in [0.717, 1.165) is 12.3 Å². The van der Waals surface area contributed by atoms with E-state index in [9.17, 15) is 0 Å². The van der Waals surface area contributed by atoms with Crippen LogP contribution in [0.5, 0.6) is 5.75 Å². The number of hydrogen-bond donors (Lipinski definition) is 1. The van der Waals surface area contributed by atoms with E-state index in [-0.39, 0.29) is 0 Å². The third-order valence-corrected chi connectivity index (χ3v) is 4.65. The summed E-state index contributed by atoms with van der Waals surface area (Å²) < 4.78 is 5.86. The molecule has 0 amide bonds. The van der Waals surface area contributed by atoms with E-state index in [4.69, 9.17) is 10.5 Å². The number of rotatable bonds is 6. The van der Waals surface area contributed by atoms with Gasteiger partial charge in [-0.3, -0.25) is 0 Å². The minimum absolute atomic E-state index is 0.367. The fraction of sp³-hybridized carbons (Fsp3) is 0.667. The van der Waals surface area contributed by atoms with Gasteiger partial charge in [0, 0.05) is 24.1 Å². The highest BCUT2D eigenvalue weighted by Crippen LogP contribution is 2.35. The van der Waals surface area contributed by atoms with Crippen LogP contribution in [-0.4, -0.2) is 37.2 Å². The molecule has 0 bridgehead atoms. The van der Waals surface area contributed by atoms with Crippen LogP contribution in [0.25, 0.3) is 0 Å². The second kappa shape index (κ2) is 7.81. The average molecular weight is 290 g/mol. The molecule has 118 valence electrons. The summed E-state index contributed by atoms with van der Waals surface area (Å²) in [5, 5.41) is 0. The number of hydrogen-bond acceptors (Lipinski definition) is 3. The molecular weight excluding hydrogens is 260 g/mol. The van der Waals surface area contributed by atoms with E-state index in [0.29, 0.717) is 25.1 Å². The van der Waals surface area contributed by atoms with Crippen molar-refractivity contribution in [1.29, 1.82) is 0 Å². The Morgan fingerprint density at radius 1 is 1.33 bits per heavy atom. The lowest BCUT2D eigenvalue weighted by molar-refractivity contribution is 0.132. The van der Waals surface area contributed by atoms with Gasteiger partial charge in [0.1, 0.15) is 5.75 Å². The summed E-state index contributed by atoms with van der Waals surface area (Å²) in [5.74, 6) is 1.38. The highest BCUT2D eigenvalue weighted by molar-refractivity contribution is 5.40. The van der Waals surface area contributed by atoms with Gasteiger partial charge < -0.3 is 15.4 Å². The minimum Gasteiger partial charge on any atom is -0.494 e. The molecule has 2 rings (SSSR count). The summed E-state index contributed by atoms with van der Waals surface area (Å²) in [6.07, 6.45) is 3.87. The lowest BCUT2D eigenvalue weighted by atomic mass is 9.84. The fourth-order valence-electron chi connectivity index (χ4n) is 3.60. The molecule has 2 N–H and O–H groups in total. The summed E-state index contributed by atoms with van der Waals surface area (Å²) in [6, 6.07) is 7.05. The Morgan fingerprint density at radius 3 is 2.81 bits per heavy atom. The van der Waals surface area contributed by atoms with Crippen LogP contribution in [0.2, 0.25) is 0 Å². The zero-order valence-corrected chi connectivity index (χ0v) is 13.8. The molecule has 21 heavy (non-hydrogen) atoms. The van der Waals surface area contributed by atoms with Gasteiger partial charge in [0.25, 0.3) is 0 Å². The van der Waals surface area contributed by atoms with Crippen molar-refractivity contribution < 1.29 is 4.74 Å². The Morgan fingerprint density at radius 2 is 2.14 bits per heavy atom. The molecule has 1 aliphatic heterocycles. The van der Waals surface area contributed by atoms with Gasteiger partial charge in [0.2, 0.25) is 0 Å². The van der Waals surface area contributed by atoms with Crippen LogP contribution < -0.4 is 10.5 Å². The summed E-state index contributed by atoms with van der Waals surface area (Å²) in [5.41, 5.74) is 8.76. The lowest BCUT2D eigenvalue weighted by Crippen LogP contribution is -2.45. The molecular formula is C18H30N2O. The molecule has 0 saturated carbocycles. The van der Waals surface area contributed by atoms with Gasteiger partial charge in [-0.25, -0.2) is 0 Å². The summed E-state index contributed by atoms with van der Waals surface area (Å²) in [4.78, 5) is 2.60. The lowest BCUT2D eigenvalue weighted by Gasteiger charge is -2.40. The van der Waals surface area contributed by atoms with E-state index in [2.05, 4.69) is 36.9 Å². The zero-order valence-electron chi connectivity index (χ0n) is 13.8. The molecule has 2 unspecified atom stereocenters. The van der Waals surface area contributed by atoms with E-state index in [1.165, 1.54) is 36.9 Å². The first kappa shape index (κ1) is 16.3. The topological polar surface area (TPSA) is 38.5 Å². The second-order valence-corrected chi connectivity index (χ2v) is 6.01. The number of ether oxygens (including phenoxy) is 1. The molecule has 0 aliphatic carbocycles. The number of nitrogens with two attached hydrogens (primary N) is 1. The van der Waals surface area contributed by atoms with E-state index in [1.54, 1.807) is 0 Å². The van der Waals surface area contributed by atoms with Gasteiger partial charge in [0.05, 0.1) is 6.61 Å². The molecule has 1 heterocycles. The Kier molecular flexibility index (Phi) is 6.07. The smallest absolute Gasteiger partial charge is 0.122 e.